The van der Waals surface area contributed by atoms with Gasteiger partial charge in [0, 0.05) is 30.9 Å². The van der Waals surface area contributed by atoms with E-state index in [0.717, 1.165) is 35.2 Å². The average Bonchev–Trinajstić information content (AvgIpc) is 3.14. The Hall–Kier alpha value is -2.22. The second kappa shape index (κ2) is 7.99. The number of fused-ring (bicyclic) bond motifs is 1. The van der Waals surface area contributed by atoms with Gasteiger partial charge in [0.15, 0.2) is 0 Å². The molecular weight excluding hydrogens is 348 g/mol. The first kappa shape index (κ1) is 18.6. The molecule has 0 spiro atoms. The second-order valence-electron chi connectivity index (χ2n) is 6.05. The van der Waals surface area contributed by atoms with Crippen LogP contribution >= 0.6 is 0 Å². The second-order valence-corrected chi connectivity index (χ2v) is 7.81. The van der Waals surface area contributed by atoms with Crippen molar-refractivity contribution in [3.63, 3.8) is 0 Å². The van der Waals surface area contributed by atoms with E-state index in [1.807, 2.05) is 30.5 Å². The Morgan fingerprint density at radius 3 is 2.50 bits per heavy atom. The van der Waals surface area contributed by atoms with Crippen LogP contribution in [0.3, 0.4) is 0 Å². The molecule has 0 unspecified atom stereocenters. The first-order chi connectivity index (χ1) is 12.5. The van der Waals surface area contributed by atoms with Crippen LogP contribution < -0.4 is 4.72 Å². The average molecular weight is 372 g/mol. The first-order valence-electron chi connectivity index (χ1n) is 8.79. The summed E-state index contributed by atoms with van der Waals surface area (Å²) in [6.07, 6.45) is 3.59. The Morgan fingerprint density at radius 1 is 1.08 bits per heavy atom. The largest absolute Gasteiger partial charge is 0.346 e. The van der Waals surface area contributed by atoms with E-state index in [1.165, 1.54) is 0 Å². The molecule has 2 N–H and O–H groups in total. The quantitative estimate of drug-likeness (QED) is 0.637. The number of aromatic amines is 1. The maximum absolute atomic E-state index is 12.5. The van der Waals surface area contributed by atoms with E-state index >= 15 is 0 Å². The fraction of sp³-hybridized carbons (Fsp3) is 0.316. The molecule has 0 fully saturated rings. The Labute approximate surface area is 154 Å². The number of sulfonamides is 1. The summed E-state index contributed by atoms with van der Waals surface area (Å²) in [5.41, 5.74) is 2.80. The normalized spacial score (nSPS) is 12.1. The minimum absolute atomic E-state index is 0.278. The zero-order chi connectivity index (χ0) is 18.6. The summed E-state index contributed by atoms with van der Waals surface area (Å²) < 4.78 is 27.6. The summed E-state index contributed by atoms with van der Waals surface area (Å²) in [7, 11) is -3.50. The lowest BCUT2D eigenvalue weighted by atomic mass is 10.0. The molecule has 26 heavy (non-hydrogen) atoms. The van der Waals surface area contributed by atoms with Crippen LogP contribution in [0.2, 0.25) is 0 Å². The third kappa shape index (κ3) is 3.95. The van der Waals surface area contributed by atoms with Crippen molar-refractivity contribution in [2.45, 2.75) is 18.7 Å². The standard InChI is InChI=1S/C19H24N4O2S/c1-3-23(4-2)14-13-22-26(24,25)16-7-5-15(6-8-16)17-9-11-20-19-18(17)10-12-21-19/h5-12,22H,3-4,13-14H2,1-2H3,(H,20,21). The fourth-order valence-electron chi connectivity index (χ4n) is 2.99. The molecule has 0 aliphatic rings. The van der Waals surface area contributed by atoms with Gasteiger partial charge in [-0.3, -0.25) is 0 Å². The van der Waals surface area contributed by atoms with Crippen LogP contribution in [0.4, 0.5) is 0 Å². The van der Waals surface area contributed by atoms with E-state index in [9.17, 15) is 8.42 Å². The molecule has 0 bridgehead atoms. The Kier molecular flexibility index (Phi) is 5.70. The van der Waals surface area contributed by atoms with Gasteiger partial charge < -0.3 is 9.88 Å². The Balaban J connectivity index is 1.75. The van der Waals surface area contributed by atoms with Crippen molar-refractivity contribution in [1.82, 2.24) is 19.6 Å². The van der Waals surface area contributed by atoms with Gasteiger partial charge in [0.25, 0.3) is 0 Å². The van der Waals surface area contributed by atoms with E-state index < -0.39 is 10.0 Å². The molecule has 0 aliphatic heterocycles. The molecule has 6 nitrogen and oxygen atoms in total. The summed E-state index contributed by atoms with van der Waals surface area (Å²) in [5.74, 6) is 0. The number of nitrogens with zero attached hydrogens (tertiary/aromatic N) is 2. The first-order valence-corrected chi connectivity index (χ1v) is 10.3. The maximum Gasteiger partial charge on any atom is 0.240 e. The molecule has 0 amide bonds. The number of aromatic nitrogens is 2. The molecule has 1 aromatic carbocycles. The van der Waals surface area contributed by atoms with Gasteiger partial charge in [-0.2, -0.15) is 0 Å². The number of nitrogens with one attached hydrogen (secondary N) is 2. The van der Waals surface area contributed by atoms with Gasteiger partial charge in [-0.15, -0.1) is 0 Å². The van der Waals surface area contributed by atoms with Gasteiger partial charge in [0.1, 0.15) is 5.65 Å². The molecule has 0 aliphatic carbocycles. The molecule has 0 saturated heterocycles. The van der Waals surface area contributed by atoms with Crippen LogP contribution in [0.15, 0.2) is 53.7 Å². The molecule has 0 radical (unpaired) electrons. The number of H-pyrrole nitrogens is 1. The highest BCUT2D eigenvalue weighted by molar-refractivity contribution is 7.89. The monoisotopic (exact) mass is 372 g/mol. The third-order valence-corrected chi connectivity index (χ3v) is 6.03. The van der Waals surface area contributed by atoms with E-state index in [4.69, 9.17) is 0 Å². The molecule has 2 heterocycles. The number of hydrogen-bond donors (Lipinski definition) is 2. The van der Waals surface area contributed by atoms with Crippen LogP contribution in [0.5, 0.6) is 0 Å². The number of hydrogen-bond acceptors (Lipinski definition) is 4. The molecule has 0 atom stereocenters. The van der Waals surface area contributed by atoms with Crippen LogP contribution in [0.1, 0.15) is 13.8 Å². The van der Waals surface area contributed by atoms with Gasteiger partial charge in [0.05, 0.1) is 4.90 Å². The molecule has 3 rings (SSSR count). The van der Waals surface area contributed by atoms with Crippen LogP contribution in [0, 0.1) is 0 Å². The van der Waals surface area contributed by atoms with E-state index in [-0.39, 0.29) is 4.90 Å². The Bertz CT molecular complexity index is 961. The minimum atomic E-state index is -3.50. The number of benzene rings is 1. The molecule has 2 aromatic heterocycles. The summed E-state index contributed by atoms with van der Waals surface area (Å²) in [6.45, 7) is 7.06. The van der Waals surface area contributed by atoms with Crippen LogP contribution in [-0.2, 0) is 10.0 Å². The van der Waals surface area contributed by atoms with Crippen molar-refractivity contribution in [2.75, 3.05) is 26.2 Å². The minimum Gasteiger partial charge on any atom is -0.346 e. The van der Waals surface area contributed by atoms with Crippen molar-refractivity contribution < 1.29 is 8.42 Å². The number of likely N-dealkylation sites (N-methyl/N-ethyl adjacent to an activating group) is 1. The zero-order valence-electron chi connectivity index (χ0n) is 15.1. The van der Waals surface area contributed by atoms with Gasteiger partial charge in [-0.1, -0.05) is 26.0 Å². The summed E-state index contributed by atoms with van der Waals surface area (Å²) in [6, 6.07) is 10.9. The topological polar surface area (TPSA) is 78.1 Å². The Morgan fingerprint density at radius 2 is 1.81 bits per heavy atom. The predicted octanol–water partition coefficient (Wildman–Crippen LogP) is 2.85. The van der Waals surface area contributed by atoms with Gasteiger partial charge in [-0.25, -0.2) is 18.1 Å². The zero-order valence-corrected chi connectivity index (χ0v) is 15.9. The van der Waals surface area contributed by atoms with Gasteiger partial charge in [-0.05, 0) is 48.5 Å². The predicted molar refractivity (Wildman–Crippen MR) is 105 cm³/mol. The van der Waals surface area contributed by atoms with Crippen LogP contribution in [-0.4, -0.2) is 49.5 Å². The van der Waals surface area contributed by atoms with E-state index in [2.05, 4.69) is 33.4 Å². The molecular formula is C19H24N4O2S. The van der Waals surface area contributed by atoms with Crippen molar-refractivity contribution in [3.8, 4) is 11.1 Å². The lowest BCUT2D eigenvalue weighted by molar-refractivity contribution is 0.309. The summed E-state index contributed by atoms with van der Waals surface area (Å²) in [5, 5.41) is 1.01. The molecule has 3 aromatic rings. The van der Waals surface area contributed by atoms with Gasteiger partial charge >= 0.3 is 0 Å². The number of pyridine rings is 1. The van der Waals surface area contributed by atoms with Crippen molar-refractivity contribution in [2.24, 2.45) is 0 Å². The number of rotatable bonds is 8. The van der Waals surface area contributed by atoms with Crippen molar-refractivity contribution >= 4 is 21.1 Å². The smallest absolute Gasteiger partial charge is 0.240 e. The SMILES string of the molecule is CCN(CC)CCNS(=O)(=O)c1ccc(-c2ccnc3[nH]ccc23)cc1. The van der Waals surface area contributed by atoms with Crippen molar-refractivity contribution in [1.29, 1.82) is 0 Å². The van der Waals surface area contributed by atoms with Crippen LogP contribution in [0.25, 0.3) is 22.2 Å². The molecule has 7 heteroatoms. The fourth-order valence-corrected chi connectivity index (χ4v) is 4.01. The third-order valence-electron chi connectivity index (χ3n) is 4.55. The van der Waals surface area contributed by atoms with Gasteiger partial charge in [0.2, 0.25) is 10.0 Å². The highest BCUT2D eigenvalue weighted by Gasteiger charge is 2.14. The molecule has 138 valence electrons. The molecule has 0 saturated carbocycles. The lowest BCUT2D eigenvalue weighted by Gasteiger charge is -2.18. The summed E-state index contributed by atoms with van der Waals surface area (Å²) in [4.78, 5) is 9.82. The highest BCUT2D eigenvalue weighted by atomic mass is 32.2. The lowest BCUT2D eigenvalue weighted by Crippen LogP contribution is -2.34. The van der Waals surface area contributed by atoms with E-state index in [0.29, 0.717) is 13.1 Å². The van der Waals surface area contributed by atoms with Crippen molar-refractivity contribution in [3.05, 3.63) is 48.8 Å². The highest BCUT2D eigenvalue weighted by Crippen LogP contribution is 2.27. The summed E-state index contributed by atoms with van der Waals surface area (Å²) >= 11 is 0. The maximum atomic E-state index is 12.5. The van der Waals surface area contributed by atoms with E-state index in [1.54, 1.807) is 18.3 Å².